The third-order valence-electron chi connectivity index (χ3n) is 9.24. The van der Waals surface area contributed by atoms with Crippen LogP contribution in [0.25, 0.3) is 94.4 Å². The Morgan fingerprint density at radius 2 is 1.08 bits per heavy atom. The van der Waals surface area contributed by atoms with E-state index in [1.165, 1.54) is 27.1 Å². The van der Waals surface area contributed by atoms with E-state index in [1.54, 1.807) is 0 Å². The molecule has 0 saturated heterocycles. The van der Waals surface area contributed by atoms with Gasteiger partial charge in [0.25, 0.3) is 0 Å². The highest BCUT2D eigenvalue weighted by Crippen LogP contribution is 2.40. The number of hydrogen-bond acceptors (Lipinski definition) is 4. The van der Waals surface area contributed by atoms with Crippen LogP contribution in [0.3, 0.4) is 0 Å². The molecule has 5 nitrogen and oxygen atoms in total. The second-order valence-electron chi connectivity index (χ2n) is 12.0. The van der Waals surface area contributed by atoms with Gasteiger partial charge in [-0.25, -0.2) is 15.0 Å². The maximum absolute atomic E-state index is 6.61. The van der Waals surface area contributed by atoms with Gasteiger partial charge >= 0.3 is 0 Å². The summed E-state index contributed by atoms with van der Waals surface area (Å²) in [7, 11) is 0. The number of benzene rings is 7. The van der Waals surface area contributed by atoms with Gasteiger partial charge in [0, 0.05) is 55.4 Å². The Balaban J connectivity index is 1.21. The average Bonchev–Trinajstić information content (AvgIpc) is 3.71. The normalized spacial score (nSPS) is 11.8. The summed E-state index contributed by atoms with van der Waals surface area (Å²) >= 11 is 0. The van der Waals surface area contributed by atoms with Gasteiger partial charge in [-0.1, -0.05) is 127 Å². The molecule has 7 aromatic carbocycles. The van der Waals surface area contributed by atoms with Gasteiger partial charge in [-0.15, -0.1) is 0 Å². The van der Waals surface area contributed by atoms with Crippen molar-refractivity contribution in [3.05, 3.63) is 158 Å². The van der Waals surface area contributed by atoms with Crippen molar-refractivity contribution in [3.63, 3.8) is 0 Å². The first-order valence-electron chi connectivity index (χ1n) is 16.0. The fourth-order valence-corrected chi connectivity index (χ4v) is 7.07. The summed E-state index contributed by atoms with van der Waals surface area (Å²) in [6, 6.07) is 54.4. The molecule has 0 amide bonds. The fraction of sp³-hybridized carbons (Fsp3) is 0. The van der Waals surface area contributed by atoms with Crippen LogP contribution in [0.15, 0.2) is 162 Å². The highest BCUT2D eigenvalue weighted by molar-refractivity contribution is 6.19. The van der Waals surface area contributed by atoms with Crippen LogP contribution in [0.5, 0.6) is 0 Å². The van der Waals surface area contributed by atoms with Crippen molar-refractivity contribution in [2.45, 2.75) is 0 Å². The number of nitrogens with zero attached hydrogens (tertiary/aromatic N) is 4. The lowest BCUT2D eigenvalue weighted by Crippen LogP contribution is -2.00. The molecule has 3 heterocycles. The summed E-state index contributed by atoms with van der Waals surface area (Å²) in [5.41, 5.74) is 7.76. The largest absolute Gasteiger partial charge is 0.456 e. The minimum atomic E-state index is 0.606. The van der Waals surface area contributed by atoms with Crippen molar-refractivity contribution >= 4 is 54.5 Å². The molecule has 0 fully saturated rings. The van der Waals surface area contributed by atoms with E-state index in [2.05, 4.69) is 89.5 Å². The third-order valence-corrected chi connectivity index (χ3v) is 9.24. The zero-order valence-corrected chi connectivity index (χ0v) is 25.7. The van der Waals surface area contributed by atoms with Crippen LogP contribution >= 0.6 is 0 Å². The molecule has 48 heavy (non-hydrogen) atoms. The predicted octanol–water partition coefficient (Wildman–Crippen LogP) is 11.0. The maximum Gasteiger partial charge on any atom is 0.164 e. The van der Waals surface area contributed by atoms with Crippen LogP contribution in [0, 0.1) is 0 Å². The summed E-state index contributed by atoms with van der Waals surface area (Å²) in [4.78, 5) is 14.9. The number of hydrogen-bond donors (Lipinski definition) is 0. The van der Waals surface area contributed by atoms with Crippen LogP contribution < -0.4 is 0 Å². The Hall–Kier alpha value is -6.59. The average molecular weight is 615 g/mol. The minimum absolute atomic E-state index is 0.606. The molecule has 0 aliphatic carbocycles. The first kappa shape index (κ1) is 26.6. The highest BCUT2D eigenvalue weighted by Gasteiger charge is 2.20. The number of furan rings is 1. The van der Waals surface area contributed by atoms with Gasteiger partial charge in [0.15, 0.2) is 17.5 Å². The van der Waals surface area contributed by atoms with E-state index in [0.717, 1.165) is 49.8 Å². The Bertz CT molecular complexity index is 2780. The molecule has 0 atom stereocenters. The second kappa shape index (κ2) is 10.5. The quantitative estimate of drug-likeness (QED) is 0.198. The lowest BCUT2D eigenvalue weighted by molar-refractivity contribution is 0.668. The monoisotopic (exact) mass is 614 g/mol. The maximum atomic E-state index is 6.61. The van der Waals surface area contributed by atoms with Crippen molar-refractivity contribution in [1.29, 1.82) is 0 Å². The Labute approximate surface area is 275 Å². The molecule has 0 saturated carbocycles. The lowest BCUT2D eigenvalue weighted by atomic mass is 10.0. The number of fused-ring (bicyclic) bond motifs is 8. The zero-order valence-electron chi connectivity index (χ0n) is 25.7. The molecular weight excluding hydrogens is 589 g/mol. The Morgan fingerprint density at radius 1 is 0.438 bits per heavy atom. The molecule has 10 aromatic rings. The van der Waals surface area contributed by atoms with Crippen molar-refractivity contribution in [1.82, 2.24) is 19.5 Å². The lowest BCUT2D eigenvalue weighted by Gasteiger charge is -2.10. The molecule has 0 unspecified atom stereocenters. The molecule has 10 rings (SSSR count). The predicted molar refractivity (Wildman–Crippen MR) is 195 cm³/mol. The SMILES string of the molecule is c1ccc(-c2nc(-c3ccccc3)nc(-c3cccc4oc5cc(-n6c7ccccc7c7ccc8ccccc8c76)ccc5c34)n2)cc1. The topological polar surface area (TPSA) is 56.7 Å². The van der Waals surface area contributed by atoms with Gasteiger partial charge in [0.2, 0.25) is 0 Å². The molecule has 3 aromatic heterocycles. The van der Waals surface area contributed by atoms with Crippen molar-refractivity contribution < 1.29 is 4.42 Å². The van der Waals surface area contributed by atoms with Crippen molar-refractivity contribution in [2.75, 3.05) is 0 Å². The van der Waals surface area contributed by atoms with Crippen molar-refractivity contribution in [2.24, 2.45) is 0 Å². The van der Waals surface area contributed by atoms with E-state index in [0.29, 0.717) is 17.5 Å². The van der Waals surface area contributed by atoms with E-state index in [-0.39, 0.29) is 0 Å². The molecule has 0 N–H and O–H groups in total. The van der Waals surface area contributed by atoms with Crippen LogP contribution in [0.2, 0.25) is 0 Å². The summed E-state index contributed by atoms with van der Waals surface area (Å²) in [5.74, 6) is 1.87. The first-order valence-corrected chi connectivity index (χ1v) is 16.0. The van der Waals surface area contributed by atoms with Gasteiger partial charge in [-0.3, -0.25) is 0 Å². The standard InChI is InChI=1S/C43H26N4O/c1-3-13-28(14-4-1)41-44-42(29-15-5-2-6-16-29)46-43(45-41)35-19-11-21-37-39(35)34-25-23-30(26-38(34)48-37)47-36-20-10-9-18-32(36)33-24-22-27-12-7-8-17-31(27)40(33)47/h1-26H. The van der Waals surface area contributed by atoms with Gasteiger partial charge in [0.1, 0.15) is 11.2 Å². The van der Waals surface area contributed by atoms with Gasteiger partial charge in [-0.05, 0) is 29.7 Å². The van der Waals surface area contributed by atoms with Gasteiger partial charge in [0.05, 0.1) is 11.0 Å². The fourth-order valence-electron chi connectivity index (χ4n) is 7.07. The minimum Gasteiger partial charge on any atom is -0.456 e. The molecule has 5 heteroatoms. The zero-order chi connectivity index (χ0) is 31.6. The van der Waals surface area contributed by atoms with E-state index in [1.807, 2.05) is 72.8 Å². The van der Waals surface area contributed by atoms with E-state index < -0.39 is 0 Å². The Morgan fingerprint density at radius 3 is 1.85 bits per heavy atom. The highest BCUT2D eigenvalue weighted by atomic mass is 16.3. The summed E-state index contributed by atoms with van der Waals surface area (Å²) in [6.45, 7) is 0. The molecule has 0 aliphatic heterocycles. The summed E-state index contributed by atoms with van der Waals surface area (Å²) < 4.78 is 8.98. The third kappa shape index (κ3) is 4.08. The van der Waals surface area contributed by atoms with Gasteiger partial charge in [-0.2, -0.15) is 0 Å². The van der Waals surface area contributed by atoms with Crippen LogP contribution in [-0.2, 0) is 0 Å². The second-order valence-corrected chi connectivity index (χ2v) is 12.0. The van der Waals surface area contributed by atoms with E-state index in [9.17, 15) is 0 Å². The molecule has 224 valence electrons. The first-order chi connectivity index (χ1) is 23.8. The van der Waals surface area contributed by atoms with Crippen LogP contribution in [-0.4, -0.2) is 19.5 Å². The molecule has 0 spiro atoms. The Kier molecular flexibility index (Phi) is 5.81. The smallest absolute Gasteiger partial charge is 0.164 e. The van der Waals surface area contributed by atoms with Gasteiger partial charge < -0.3 is 8.98 Å². The number of rotatable bonds is 4. The van der Waals surface area contributed by atoms with E-state index >= 15 is 0 Å². The summed E-state index contributed by atoms with van der Waals surface area (Å²) in [5, 5.41) is 6.88. The molecule has 0 radical (unpaired) electrons. The van der Waals surface area contributed by atoms with Crippen molar-refractivity contribution in [3.8, 4) is 39.9 Å². The molecule has 0 bridgehead atoms. The van der Waals surface area contributed by atoms with E-state index in [4.69, 9.17) is 19.4 Å². The molecule has 0 aliphatic rings. The number of aromatic nitrogens is 4. The summed E-state index contributed by atoms with van der Waals surface area (Å²) in [6.07, 6.45) is 0. The molecular formula is C43H26N4O. The van der Waals surface area contributed by atoms with Crippen LogP contribution in [0.4, 0.5) is 0 Å². The van der Waals surface area contributed by atoms with Crippen LogP contribution in [0.1, 0.15) is 0 Å². The number of para-hydroxylation sites is 1.